The van der Waals surface area contributed by atoms with Gasteiger partial charge in [-0.1, -0.05) is 36.4 Å². The first-order valence-corrected chi connectivity index (χ1v) is 11.7. The number of methoxy groups -OCH3 is 1. The third kappa shape index (κ3) is 4.78. The molecule has 8 heteroatoms. The normalized spacial score (nSPS) is 22.2. The highest BCUT2D eigenvalue weighted by molar-refractivity contribution is 7.90. The van der Waals surface area contributed by atoms with E-state index in [0.29, 0.717) is 30.6 Å². The average molecular weight is 433 g/mol. The Labute approximate surface area is 177 Å². The molecular formula is C22H28N2O5S. The molecule has 1 N–H and O–H groups in total. The number of benzene rings is 2. The Kier molecular flexibility index (Phi) is 6.29. The Morgan fingerprint density at radius 3 is 2.60 bits per heavy atom. The van der Waals surface area contributed by atoms with Crippen LogP contribution in [0.15, 0.2) is 48.5 Å². The Bertz CT molecular complexity index is 963. The maximum Gasteiger partial charge on any atom is 0.218 e. The number of hydrogen-bond acceptors (Lipinski definition) is 6. The molecule has 7 nitrogen and oxygen atoms in total. The van der Waals surface area contributed by atoms with Crippen LogP contribution in [0.25, 0.3) is 0 Å². The van der Waals surface area contributed by atoms with Crippen molar-refractivity contribution in [2.45, 2.75) is 30.7 Å². The minimum absolute atomic E-state index is 0.118. The molecule has 0 spiro atoms. The SMILES string of the molecule is COc1ccc([C@@H]2[C@H](S(=O)(=O)NCC3CC3)CON2C)cc1OCc1ccccc1. The van der Waals surface area contributed by atoms with Crippen LogP contribution in [0.5, 0.6) is 11.5 Å². The lowest BCUT2D eigenvalue weighted by atomic mass is 10.0. The summed E-state index contributed by atoms with van der Waals surface area (Å²) in [5, 5.41) is 0.917. The van der Waals surface area contributed by atoms with Crippen LogP contribution in [0.2, 0.25) is 0 Å². The fraction of sp³-hybridized carbons (Fsp3) is 0.455. The van der Waals surface area contributed by atoms with Gasteiger partial charge in [0.05, 0.1) is 19.8 Å². The van der Waals surface area contributed by atoms with E-state index in [9.17, 15) is 8.42 Å². The van der Waals surface area contributed by atoms with Crippen LogP contribution < -0.4 is 14.2 Å². The summed E-state index contributed by atoms with van der Waals surface area (Å²) < 4.78 is 40.1. The smallest absolute Gasteiger partial charge is 0.218 e. The summed E-state index contributed by atoms with van der Waals surface area (Å²) in [5.41, 5.74) is 1.84. The molecular weight excluding hydrogens is 404 g/mol. The molecule has 2 aromatic carbocycles. The van der Waals surface area contributed by atoms with E-state index in [1.165, 1.54) is 0 Å². The second-order valence-corrected chi connectivity index (χ2v) is 9.83. The number of rotatable bonds is 9. The highest BCUT2D eigenvalue weighted by Gasteiger charge is 2.43. The first kappa shape index (κ1) is 21.1. The Morgan fingerprint density at radius 1 is 1.13 bits per heavy atom. The molecule has 30 heavy (non-hydrogen) atoms. The van der Waals surface area contributed by atoms with Gasteiger partial charge >= 0.3 is 0 Å². The predicted molar refractivity (Wildman–Crippen MR) is 114 cm³/mol. The van der Waals surface area contributed by atoms with E-state index >= 15 is 0 Å². The van der Waals surface area contributed by atoms with E-state index in [1.54, 1.807) is 19.2 Å². The molecule has 0 radical (unpaired) electrons. The maximum atomic E-state index is 12.9. The zero-order valence-electron chi connectivity index (χ0n) is 17.3. The first-order chi connectivity index (χ1) is 14.5. The summed E-state index contributed by atoms with van der Waals surface area (Å²) in [6.45, 7) is 1.01. The predicted octanol–water partition coefficient (Wildman–Crippen LogP) is 2.89. The lowest BCUT2D eigenvalue weighted by Gasteiger charge is -2.24. The molecule has 1 aliphatic heterocycles. The number of hydroxylamine groups is 2. The van der Waals surface area contributed by atoms with Crippen molar-refractivity contribution >= 4 is 10.0 Å². The van der Waals surface area contributed by atoms with Crippen LogP contribution in [-0.4, -0.2) is 46.0 Å². The van der Waals surface area contributed by atoms with E-state index < -0.39 is 21.3 Å². The van der Waals surface area contributed by atoms with Gasteiger partial charge in [0.1, 0.15) is 11.9 Å². The van der Waals surface area contributed by atoms with Crippen molar-refractivity contribution in [3.8, 4) is 11.5 Å². The quantitative estimate of drug-likeness (QED) is 0.657. The molecule has 2 aliphatic rings. The van der Waals surface area contributed by atoms with Crippen molar-refractivity contribution in [3.63, 3.8) is 0 Å². The second-order valence-electron chi connectivity index (χ2n) is 7.85. The van der Waals surface area contributed by atoms with Crippen LogP contribution in [0.4, 0.5) is 0 Å². The van der Waals surface area contributed by atoms with E-state index in [1.807, 2.05) is 48.5 Å². The molecule has 4 rings (SSSR count). The molecule has 162 valence electrons. The standard InChI is InChI=1S/C22H28N2O5S/c1-24-22(21(15-29-24)30(25,26)23-13-16-8-9-16)18-10-11-19(27-2)20(12-18)28-14-17-6-4-3-5-7-17/h3-7,10-12,16,21-23H,8-9,13-15H2,1-2H3/t21-,22-/m1/s1. The van der Waals surface area contributed by atoms with Crippen LogP contribution >= 0.6 is 0 Å². The van der Waals surface area contributed by atoms with Gasteiger partial charge in [-0.15, -0.1) is 0 Å². The monoisotopic (exact) mass is 432 g/mol. The zero-order chi connectivity index (χ0) is 21.1. The molecule has 1 aliphatic carbocycles. The summed E-state index contributed by atoms with van der Waals surface area (Å²) in [6, 6.07) is 14.9. The number of nitrogens with zero attached hydrogens (tertiary/aromatic N) is 1. The molecule has 1 heterocycles. The molecule has 0 amide bonds. The van der Waals surface area contributed by atoms with Gasteiger partial charge in [0.25, 0.3) is 0 Å². The van der Waals surface area contributed by atoms with E-state index in [2.05, 4.69) is 4.72 Å². The zero-order valence-corrected chi connectivity index (χ0v) is 18.1. The molecule has 0 aromatic heterocycles. The van der Waals surface area contributed by atoms with Gasteiger partial charge in [-0.3, -0.25) is 4.84 Å². The van der Waals surface area contributed by atoms with Crippen molar-refractivity contribution in [2.75, 3.05) is 27.3 Å². The Morgan fingerprint density at radius 2 is 1.90 bits per heavy atom. The summed E-state index contributed by atoms with van der Waals surface area (Å²) >= 11 is 0. The molecule has 2 fully saturated rings. The van der Waals surface area contributed by atoms with E-state index in [-0.39, 0.29) is 6.61 Å². The second kappa shape index (κ2) is 8.93. The lowest BCUT2D eigenvalue weighted by molar-refractivity contribution is -0.110. The van der Waals surface area contributed by atoms with Crippen molar-refractivity contribution in [1.29, 1.82) is 0 Å². The molecule has 2 atom stereocenters. The average Bonchev–Trinajstić information content (AvgIpc) is 3.51. The molecule has 0 unspecified atom stereocenters. The van der Waals surface area contributed by atoms with Gasteiger partial charge in [0.15, 0.2) is 11.5 Å². The van der Waals surface area contributed by atoms with Gasteiger partial charge in [-0.05, 0) is 42.0 Å². The van der Waals surface area contributed by atoms with Crippen LogP contribution in [-0.2, 0) is 21.5 Å². The van der Waals surface area contributed by atoms with Crippen molar-refractivity contribution < 1.29 is 22.7 Å². The minimum Gasteiger partial charge on any atom is -0.493 e. The third-order valence-electron chi connectivity index (χ3n) is 5.62. The van der Waals surface area contributed by atoms with Gasteiger partial charge in [0, 0.05) is 13.6 Å². The van der Waals surface area contributed by atoms with Crippen molar-refractivity contribution in [1.82, 2.24) is 9.79 Å². The number of nitrogens with one attached hydrogen (secondary N) is 1. The number of ether oxygens (including phenoxy) is 2. The van der Waals surface area contributed by atoms with Gasteiger partial charge in [-0.25, -0.2) is 13.1 Å². The number of sulfonamides is 1. The van der Waals surface area contributed by atoms with Crippen LogP contribution in [0.3, 0.4) is 0 Å². The lowest BCUT2D eigenvalue weighted by Crippen LogP contribution is -2.40. The molecule has 2 aromatic rings. The highest BCUT2D eigenvalue weighted by Crippen LogP contribution is 2.38. The van der Waals surface area contributed by atoms with E-state index in [0.717, 1.165) is 24.0 Å². The maximum absolute atomic E-state index is 12.9. The first-order valence-electron chi connectivity index (χ1n) is 10.2. The van der Waals surface area contributed by atoms with Crippen molar-refractivity contribution in [3.05, 3.63) is 59.7 Å². The minimum atomic E-state index is -3.52. The highest BCUT2D eigenvalue weighted by atomic mass is 32.2. The summed E-state index contributed by atoms with van der Waals surface area (Å²) in [7, 11) is -0.171. The van der Waals surface area contributed by atoms with Gasteiger partial charge in [0.2, 0.25) is 10.0 Å². The van der Waals surface area contributed by atoms with Crippen LogP contribution in [0.1, 0.15) is 30.0 Å². The summed E-state index contributed by atoms with van der Waals surface area (Å²) in [5.74, 6) is 1.64. The van der Waals surface area contributed by atoms with Gasteiger partial charge in [-0.2, -0.15) is 5.06 Å². The summed E-state index contributed by atoms with van der Waals surface area (Å²) in [4.78, 5) is 5.61. The fourth-order valence-electron chi connectivity index (χ4n) is 3.67. The topological polar surface area (TPSA) is 77.1 Å². The van der Waals surface area contributed by atoms with Gasteiger partial charge < -0.3 is 9.47 Å². The van der Waals surface area contributed by atoms with Crippen LogP contribution in [0, 0.1) is 5.92 Å². The Hall–Kier alpha value is -2.13. The largest absolute Gasteiger partial charge is 0.493 e. The molecule has 1 saturated carbocycles. The fourth-order valence-corrected chi connectivity index (χ4v) is 5.26. The third-order valence-corrected chi connectivity index (χ3v) is 7.38. The molecule has 0 bridgehead atoms. The number of hydrogen-bond donors (Lipinski definition) is 1. The summed E-state index contributed by atoms with van der Waals surface area (Å²) in [6.07, 6.45) is 2.18. The van der Waals surface area contributed by atoms with E-state index in [4.69, 9.17) is 14.3 Å². The Balaban J connectivity index is 1.56. The molecule has 1 saturated heterocycles. The van der Waals surface area contributed by atoms with Crippen molar-refractivity contribution in [2.24, 2.45) is 5.92 Å².